The van der Waals surface area contributed by atoms with Gasteiger partial charge in [0.15, 0.2) is 28.9 Å². The number of anilines is 1. The summed E-state index contributed by atoms with van der Waals surface area (Å²) in [5.41, 5.74) is -0.871. The fraction of sp³-hybridized carbons (Fsp3) is 0.0476. The molecule has 12 heteroatoms. The molecule has 5 nitrogen and oxygen atoms in total. The van der Waals surface area contributed by atoms with E-state index < -0.39 is 46.4 Å². The number of benzene rings is 3. The lowest BCUT2D eigenvalue weighted by molar-refractivity contribution is 0.102. The van der Waals surface area contributed by atoms with Gasteiger partial charge < -0.3 is 14.5 Å². The van der Waals surface area contributed by atoms with Crippen LogP contribution in [0.25, 0.3) is 22.6 Å². The van der Waals surface area contributed by atoms with E-state index in [9.17, 15) is 26.7 Å². The molecule has 33 heavy (non-hydrogen) atoms. The number of halogens is 7. The van der Waals surface area contributed by atoms with E-state index in [4.69, 9.17) is 9.15 Å². The van der Waals surface area contributed by atoms with E-state index in [1.807, 2.05) is 0 Å². The summed E-state index contributed by atoms with van der Waals surface area (Å²) >= 11 is 6.59. The zero-order valence-electron chi connectivity index (χ0n) is 16.2. The molecule has 3 aromatic carbocycles. The van der Waals surface area contributed by atoms with Gasteiger partial charge in [0, 0.05) is 10.2 Å². The molecule has 0 aliphatic rings. The van der Waals surface area contributed by atoms with Crippen molar-refractivity contribution in [2.75, 3.05) is 12.4 Å². The summed E-state index contributed by atoms with van der Waals surface area (Å²) in [7, 11) is 1.40. The quantitative estimate of drug-likeness (QED) is 0.158. The van der Waals surface area contributed by atoms with E-state index in [1.54, 1.807) is 6.07 Å². The fourth-order valence-corrected chi connectivity index (χ4v) is 4.43. The van der Waals surface area contributed by atoms with Crippen LogP contribution in [-0.4, -0.2) is 18.0 Å². The molecule has 1 aromatic heterocycles. The minimum atomic E-state index is -2.29. The van der Waals surface area contributed by atoms with Crippen molar-refractivity contribution < 1.29 is 35.9 Å². The predicted molar refractivity (Wildman–Crippen MR) is 116 cm³/mol. The molecule has 1 heterocycles. The second-order valence-corrected chi connectivity index (χ2v) is 8.34. The summed E-state index contributed by atoms with van der Waals surface area (Å²) in [6.07, 6.45) is 0. The topological polar surface area (TPSA) is 64.4 Å². The van der Waals surface area contributed by atoms with Crippen molar-refractivity contribution in [2.45, 2.75) is 0 Å². The SMILES string of the molecule is COc1c(Br)cc(Br)cc1C(=O)Nc1ccc2oc(-c3c(F)c(F)c(F)c(F)c3F)nc2c1. The first-order valence-corrected chi connectivity index (χ1v) is 10.5. The van der Waals surface area contributed by atoms with E-state index >= 15 is 0 Å². The molecule has 0 unspecified atom stereocenters. The van der Waals surface area contributed by atoms with Gasteiger partial charge in [-0.25, -0.2) is 26.9 Å². The highest BCUT2D eigenvalue weighted by Crippen LogP contribution is 2.35. The molecule has 0 radical (unpaired) electrons. The Kier molecular flexibility index (Phi) is 6.14. The number of hydrogen-bond donors (Lipinski definition) is 1. The summed E-state index contributed by atoms with van der Waals surface area (Å²) in [5, 5.41) is 2.62. The van der Waals surface area contributed by atoms with Crippen LogP contribution in [0.4, 0.5) is 27.6 Å². The minimum absolute atomic E-state index is 0.00489. The molecule has 0 bridgehead atoms. The molecule has 1 amide bonds. The van der Waals surface area contributed by atoms with Crippen molar-refractivity contribution in [1.29, 1.82) is 0 Å². The minimum Gasteiger partial charge on any atom is -0.495 e. The predicted octanol–water partition coefficient (Wildman–Crippen LogP) is 6.98. The Morgan fingerprint density at radius 3 is 2.24 bits per heavy atom. The average molecular weight is 592 g/mol. The van der Waals surface area contributed by atoms with Crippen LogP contribution in [0.1, 0.15) is 10.4 Å². The molecule has 0 saturated carbocycles. The number of rotatable bonds is 4. The molecule has 0 aliphatic heterocycles. The van der Waals surface area contributed by atoms with Crippen LogP contribution >= 0.6 is 31.9 Å². The highest BCUT2D eigenvalue weighted by atomic mass is 79.9. The molecule has 0 atom stereocenters. The number of amides is 1. The highest BCUT2D eigenvalue weighted by molar-refractivity contribution is 9.11. The smallest absolute Gasteiger partial charge is 0.259 e. The van der Waals surface area contributed by atoms with Crippen molar-refractivity contribution in [2.24, 2.45) is 0 Å². The van der Waals surface area contributed by atoms with Crippen LogP contribution in [0.3, 0.4) is 0 Å². The van der Waals surface area contributed by atoms with E-state index in [0.29, 0.717) is 8.95 Å². The number of aromatic nitrogens is 1. The highest BCUT2D eigenvalue weighted by Gasteiger charge is 2.29. The maximum atomic E-state index is 14.1. The Morgan fingerprint density at radius 1 is 0.970 bits per heavy atom. The summed E-state index contributed by atoms with van der Waals surface area (Å²) < 4.78 is 80.1. The third-order valence-electron chi connectivity index (χ3n) is 4.53. The van der Waals surface area contributed by atoms with Crippen LogP contribution in [0, 0.1) is 29.1 Å². The van der Waals surface area contributed by atoms with Crippen LogP contribution in [0.5, 0.6) is 5.75 Å². The first-order valence-electron chi connectivity index (χ1n) is 8.89. The number of fused-ring (bicyclic) bond motifs is 1. The Morgan fingerprint density at radius 2 is 1.61 bits per heavy atom. The summed E-state index contributed by atoms with van der Waals surface area (Å²) in [4.78, 5) is 16.6. The van der Waals surface area contributed by atoms with Crippen molar-refractivity contribution in [3.05, 3.63) is 73.9 Å². The first-order chi connectivity index (χ1) is 15.6. The third-order valence-corrected chi connectivity index (χ3v) is 5.57. The van der Waals surface area contributed by atoms with Crippen molar-refractivity contribution in [3.63, 3.8) is 0 Å². The van der Waals surface area contributed by atoms with Gasteiger partial charge in [-0.1, -0.05) is 15.9 Å². The molecule has 1 N–H and O–H groups in total. The van der Waals surface area contributed by atoms with E-state index in [0.717, 1.165) is 0 Å². The first kappa shape index (κ1) is 23.2. The monoisotopic (exact) mass is 590 g/mol. The molecule has 0 saturated heterocycles. The van der Waals surface area contributed by atoms with Crippen LogP contribution in [0.2, 0.25) is 0 Å². The third kappa shape index (κ3) is 4.08. The largest absolute Gasteiger partial charge is 0.495 e. The van der Waals surface area contributed by atoms with Gasteiger partial charge in [0.25, 0.3) is 5.91 Å². The van der Waals surface area contributed by atoms with Gasteiger partial charge in [-0.05, 0) is 46.3 Å². The Bertz CT molecular complexity index is 1410. The lowest BCUT2D eigenvalue weighted by atomic mass is 10.1. The normalized spacial score (nSPS) is 11.2. The van der Waals surface area contributed by atoms with Gasteiger partial charge in [-0.2, -0.15) is 0 Å². The Balaban J connectivity index is 1.72. The van der Waals surface area contributed by atoms with Crippen LogP contribution in [0.15, 0.2) is 43.7 Å². The lowest BCUT2D eigenvalue weighted by Crippen LogP contribution is -2.13. The lowest BCUT2D eigenvalue weighted by Gasteiger charge is -2.11. The maximum absolute atomic E-state index is 14.1. The number of oxazole rings is 1. The van der Waals surface area contributed by atoms with Gasteiger partial charge >= 0.3 is 0 Å². The number of methoxy groups -OCH3 is 1. The fourth-order valence-electron chi connectivity index (χ4n) is 3.04. The Hall–Kier alpha value is -2.99. The summed E-state index contributed by atoms with van der Waals surface area (Å²) in [5.74, 6) is -11.7. The van der Waals surface area contributed by atoms with E-state index in [-0.39, 0.29) is 28.1 Å². The molecule has 0 spiro atoms. The van der Waals surface area contributed by atoms with Crippen molar-refractivity contribution >= 4 is 54.6 Å². The standard InChI is InChI=1S/C21H9Br2F5N2O3/c1-32-19-9(4-7(22)5-10(19)23)20(31)29-8-2-3-12-11(6-8)30-21(33-12)13-14(24)16(26)18(28)17(27)15(13)25/h2-6H,1H3,(H,29,31). The summed E-state index contributed by atoms with van der Waals surface area (Å²) in [6, 6.07) is 7.27. The number of nitrogens with zero attached hydrogens (tertiary/aromatic N) is 1. The number of carbonyl (C=O) groups is 1. The van der Waals surface area contributed by atoms with Gasteiger partial charge in [0.1, 0.15) is 16.8 Å². The van der Waals surface area contributed by atoms with Crippen molar-refractivity contribution in [3.8, 4) is 17.2 Å². The molecule has 4 aromatic rings. The number of carbonyl (C=O) groups excluding carboxylic acids is 1. The number of ether oxygens (including phenoxy) is 1. The number of nitrogens with one attached hydrogen (secondary N) is 1. The van der Waals surface area contributed by atoms with Crippen LogP contribution < -0.4 is 10.1 Å². The van der Waals surface area contributed by atoms with Gasteiger partial charge in [-0.15, -0.1) is 0 Å². The van der Waals surface area contributed by atoms with Crippen molar-refractivity contribution in [1.82, 2.24) is 4.98 Å². The zero-order valence-corrected chi connectivity index (χ0v) is 19.4. The molecular formula is C21H9Br2F5N2O3. The van der Waals surface area contributed by atoms with E-state index in [1.165, 1.54) is 31.4 Å². The zero-order chi connectivity index (χ0) is 24.0. The van der Waals surface area contributed by atoms with Gasteiger partial charge in [0.2, 0.25) is 11.7 Å². The number of hydrogen-bond acceptors (Lipinski definition) is 4. The molecule has 170 valence electrons. The van der Waals surface area contributed by atoms with E-state index in [2.05, 4.69) is 42.2 Å². The molecule has 4 rings (SSSR count). The second-order valence-electron chi connectivity index (χ2n) is 6.57. The Labute approximate surface area is 198 Å². The maximum Gasteiger partial charge on any atom is 0.259 e. The van der Waals surface area contributed by atoms with Crippen LogP contribution in [-0.2, 0) is 0 Å². The average Bonchev–Trinajstić information content (AvgIpc) is 3.18. The summed E-state index contributed by atoms with van der Waals surface area (Å²) in [6.45, 7) is 0. The molecular weight excluding hydrogens is 583 g/mol. The van der Waals surface area contributed by atoms with Gasteiger partial charge in [0.05, 0.1) is 17.1 Å². The molecule has 0 aliphatic carbocycles. The van der Waals surface area contributed by atoms with Gasteiger partial charge in [-0.3, -0.25) is 4.79 Å². The second kappa shape index (κ2) is 8.75. The molecule has 0 fully saturated rings.